The second kappa shape index (κ2) is 6.00. The Morgan fingerprint density at radius 3 is 2.58 bits per heavy atom. The fourth-order valence-electron chi connectivity index (χ4n) is 3.32. The van der Waals surface area contributed by atoms with Crippen molar-refractivity contribution in [3.63, 3.8) is 0 Å². The molecule has 128 valence electrons. The van der Waals surface area contributed by atoms with Gasteiger partial charge in [0, 0.05) is 12.1 Å². The number of benzene rings is 1. The first-order valence-electron chi connectivity index (χ1n) is 7.47. The normalized spacial score (nSPS) is 19.8. The van der Waals surface area contributed by atoms with Crippen molar-refractivity contribution in [2.45, 2.75) is 37.8 Å². The van der Waals surface area contributed by atoms with Gasteiger partial charge in [-0.2, -0.15) is 4.99 Å². The number of aliphatic imine (C=N–C) groups is 2. The summed E-state index contributed by atoms with van der Waals surface area (Å²) < 4.78 is 14.1. The van der Waals surface area contributed by atoms with Gasteiger partial charge in [-0.3, -0.25) is 15.0 Å². The molecule has 10 heteroatoms. The molecule has 1 saturated carbocycles. The number of nitrogens with two attached hydrogens (primary N) is 2. The van der Waals surface area contributed by atoms with Crippen molar-refractivity contribution in [3.8, 4) is 0 Å². The van der Waals surface area contributed by atoms with E-state index in [1.165, 1.54) is 4.90 Å². The van der Waals surface area contributed by atoms with Crippen molar-refractivity contribution in [2.24, 2.45) is 21.5 Å². The topological polar surface area (TPSA) is 123 Å². The summed E-state index contributed by atoms with van der Waals surface area (Å²) in [5, 5.41) is 11.5. The first kappa shape index (κ1) is 16.6. The van der Waals surface area contributed by atoms with Crippen molar-refractivity contribution in [1.29, 1.82) is 0 Å². The quantitative estimate of drug-likeness (QED) is 0.585. The molecule has 1 aliphatic carbocycles. The van der Waals surface area contributed by atoms with Crippen LogP contribution in [-0.4, -0.2) is 22.5 Å². The Bertz CT molecular complexity index is 760. The van der Waals surface area contributed by atoms with E-state index < -0.39 is 16.4 Å². The molecule has 1 aromatic rings. The average molecular weight is 399 g/mol. The van der Waals surface area contributed by atoms with Crippen molar-refractivity contribution in [3.05, 3.63) is 32.5 Å². The van der Waals surface area contributed by atoms with Gasteiger partial charge in [0.2, 0.25) is 11.9 Å². The number of nitrogens with zero attached hydrogens (tertiary/aromatic N) is 4. The highest BCUT2D eigenvalue weighted by atomic mass is 79.9. The number of anilines is 1. The smallest absolute Gasteiger partial charge is 0.294 e. The molecular formula is C14H16BrFN6O2. The number of hydrogen-bond acceptors (Lipinski definition) is 7. The molecule has 0 saturated heterocycles. The Kier molecular flexibility index (Phi) is 4.16. The molecule has 0 atom stereocenters. The molecule has 0 aromatic heterocycles. The van der Waals surface area contributed by atoms with E-state index in [0.29, 0.717) is 12.8 Å². The highest BCUT2D eigenvalue weighted by Crippen LogP contribution is 2.43. The molecule has 4 N–H and O–H groups in total. The third-order valence-corrected chi connectivity index (χ3v) is 4.91. The van der Waals surface area contributed by atoms with E-state index in [1.807, 2.05) is 0 Å². The van der Waals surface area contributed by atoms with Crippen LogP contribution in [0.2, 0.25) is 0 Å². The summed E-state index contributed by atoms with van der Waals surface area (Å²) in [5.74, 6) is -0.614. The largest absolute Gasteiger partial charge is 0.369 e. The monoisotopic (exact) mass is 398 g/mol. The summed E-state index contributed by atoms with van der Waals surface area (Å²) in [6.07, 6.45) is 3.98. The van der Waals surface area contributed by atoms with Gasteiger partial charge in [-0.1, -0.05) is 6.42 Å². The standard InChI is InChI=1S/C14H16BrFN6O2/c15-8-6-11(22(23)24)10(7-9(8)16)21-13(18)19-12(17)20-14(21)4-2-1-3-5-14/h6-7H,1-5H2,(H4,17,18,19,20). The van der Waals surface area contributed by atoms with Crippen molar-refractivity contribution < 1.29 is 9.31 Å². The van der Waals surface area contributed by atoms with Gasteiger partial charge < -0.3 is 11.5 Å². The van der Waals surface area contributed by atoms with E-state index in [9.17, 15) is 14.5 Å². The van der Waals surface area contributed by atoms with E-state index in [2.05, 4.69) is 25.9 Å². The van der Waals surface area contributed by atoms with Crippen LogP contribution < -0.4 is 16.4 Å². The zero-order chi connectivity index (χ0) is 17.5. The first-order valence-corrected chi connectivity index (χ1v) is 8.26. The van der Waals surface area contributed by atoms with Gasteiger partial charge in [0.05, 0.1) is 9.40 Å². The highest BCUT2D eigenvalue weighted by molar-refractivity contribution is 9.10. The van der Waals surface area contributed by atoms with Crippen LogP contribution in [0.15, 0.2) is 26.6 Å². The number of halogens is 2. The molecule has 24 heavy (non-hydrogen) atoms. The van der Waals surface area contributed by atoms with Gasteiger partial charge >= 0.3 is 0 Å². The maximum absolute atomic E-state index is 14.1. The molecule has 0 bridgehead atoms. The number of nitro groups is 1. The number of rotatable bonds is 2. The van der Waals surface area contributed by atoms with E-state index in [0.717, 1.165) is 31.4 Å². The second-order valence-corrected chi connectivity index (χ2v) is 6.69. The Hall–Kier alpha value is -2.23. The summed E-state index contributed by atoms with van der Waals surface area (Å²) in [6.45, 7) is 0. The zero-order valence-corrected chi connectivity index (χ0v) is 14.3. The molecular weight excluding hydrogens is 383 g/mol. The maximum atomic E-state index is 14.1. The third-order valence-electron chi connectivity index (χ3n) is 4.31. The lowest BCUT2D eigenvalue weighted by atomic mass is 9.87. The summed E-state index contributed by atoms with van der Waals surface area (Å²) in [7, 11) is 0. The van der Waals surface area contributed by atoms with Gasteiger partial charge in [0.25, 0.3) is 5.69 Å². The summed E-state index contributed by atoms with van der Waals surface area (Å²) in [5.41, 5.74) is 10.7. The lowest BCUT2D eigenvalue weighted by Gasteiger charge is -2.45. The van der Waals surface area contributed by atoms with Crippen LogP contribution in [0.5, 0.6) is 0 Å². The van der Waals surface area contributed by atoms with Crippen LogP contribution >= 0.6 is 15.9 Å². The van der Waals surface area contributed by atoms with Gasteiger partial charge in [-0.15, -0.1) is 0 Å². The fourth-order valence-corrected chi connectivity index (χ4v) is 3.65. The SMILES string of the molecule is NC1=NC2(CCCCC2)N(c2cc(F)c(Br)cc2[N+](=O)[O-])C(N)=N1. The van der Waals surface area contributed by atoms with Crippen LogP contribution in [0.3, 0.4) is 0 Å². The number of hydrogen-bond donors (Lipinski definition) is 2. The van der Waals surface area contributed by atoms with E-state index in [1.54, 1.807) is 0 Å². The van der Waals surface area contributed by atoms with Crippen LogP contribution in [0, 0.1) is 15.9 Å². The van der Waals surface area contributed by atoms with E-state index in [4.69, 9.17) is 11.5 Å². The zero-order valence-electron chi connectivity index (χ0n) is 12.7. The Morgan fingerprint density at radius 1 is 1.29 bits per heavy atom. The minimum Gasteiger partial charge on any atom is -0.369 e. The van der Waals surface area contributed by atoms with E-state index in [-0.39, 0.29) is 27.8 Å². The first-order chi connectivity index (χ1) is 11.3. The van der Waals surface area contributed by atoms with Crippen molar-refractivity contribution >= 4 is 39.2 Å². The maximum Gasteiger partial charge on any atom is 0.294 e. The van der Waals surface area contributed by atoms with Crippen molar-refractivity contribution in [2.75, 3.05) is 4.90 Å². The van der Waals surface area contributed by atoms with Crippen LogP contribution in [0.1, 0.15) is 32.1 Å². The summed E-state index contributed by atoms with van der Waals surface area (Å²) in [6, 6.07) is 2.20. The fraction of sp³-hybridized carbons (Fsp3) is 0.429. The average Bonchev–Trinajstić information content (AvgIpc) is 2.50. The summed E-state index contributed by atoms with van der Waals surface area (Å²) >= 11 is 2.98. The number of nitro benzene ring substituents is 1. The molecule has 1 spiro atoms. The van der Waals surface area contributed by atoms with E-state index >= 15 is 0 Å². The predicted octanol–water partition coefficient (Wildman–Crippen LogP) is 2.61. The third kappa shape index (κ3) is 2.70. The van der Waals surface area contributed by atoms with Gasteiger partial charge in [-0.25, -0.2) is 9.38 Å². The lowest BCUT2D eigenvalue weighted by Crippen LogP contribution is -2.58. The molecule has 1 fully saturated rings. The van der Waals surface area contributed by atoms with Gasteiger partial charge in [-0.05, 0) is 41.6 Å². The van der Waals surface area contributed by atoms with Gasteiger partial charge in [0.1, 0.15) is 17.2 Å². The van der Waals surface area contributed by atoms with Crippen LogP contribution in [0.25, 0.3) is 0 Å². The molecule has 0 radical (unpaired) electrons. The predicted molar refractivity (Wildman–Crippen MR) is 92.3 cm³/mol. The lowest BCUT2D eigenvalue weighted by molar-refractivity contribution is -0.384. The molecule has 1 aromatic carbocycles. The Labute approximate surface area is 145 Å². The van der Waals surface area contributed by atoms with Crippen LogP contribution in [-0.2, 0) is 0 Å². The minimum absolute atomic E-state index is 0.00572. The summed E-state index contributed by atoms with van der Waals surface area (Å²) in [4.78, 5) is 20.7. The number of guanidine groups is 2. The molecule has 0 amide bonds. The van der Waals surface area contributed by atoms with Crippen molar-refractivity contribution in [1.82, 2.24) is 0 Å². The molecule has 1 aliphatic heterocycles. The van der Waals surface area contributed by atoms with Gasteiger partial charge in [0.15, 0.2) is 0 Å². The molecule has 0 unspecified atom stereocenters. The molecule has 3 rings (SSSR count). The molecule has 8 nitrogen and oxygen atoms in total. The minimum atomic E-state index is -0.862. The Balaban J connectivity index is 2.21. The molecule has 1 heterocycles. The highest BCUT2D eigenvalue weighted by Gasteiger charge is 2.45. The van der Waals surface area contributed by atoms with Crippen LogP contribution in [0.4, 0.5) is 15.8 Å². The second-order valence-electron chi connectivity index (χ2n) is 5.83. The molecule has 2 aliphatic rings. The Morgan fingerprint density at radius 2 is 1.96 bits per heavy atom.